The van der Waals surface area contributed by atoms with Gasteiger partial charge in [0.05, 0.1) is 18.8 Å². The Bertz CT molecular complexity index is 933. The Labute approximate surface area is 153 Å². The molecule has 1 unspecified atom stereocenters. The molecule has 0 fully saturated rings. The van der Waals surface area contributed by atoms with Crippen molar-refractivity contribution in [3.05, 3.63) is 71.1 Å². The maximum Gasteiger partial charge on any atom is 0.226 e. The minimum Gasteiger partial charge on any atom is -0.493 e. The van der Waals surface area contributed by atoms with Gasteiger partial charge >= 0.3 is 0 Å². The molecule has 0 saturated carbocycles. The summed E-state index contributed by atoms with van der Waals surface area (Å²) < 4.78 is 11.8. The Balaban J connectivity index is 1.38. The minimum atomic E-state index is 0.322. The predicted octanol–water partition coefficient (Wildman–Crippen LogP) is 4.40. The van der Waals surface area contributed by atoms with Crippen molar-refractivity contribution in [1.82, 2.24) is 9.88 Å². The van der Waals surface area contributed by atoms with Crippen molar-refractivity contribution >= 4 is 0 Å². The fourth-order valence-corrected chi connectivity index (χ4v) is 3.90. The molecular weight excluding hydrogens is 324 g/mol. The number of benzene rings is 2. The van der Waals surface area contributed by atoms with Gasteiger partial charge in [-0.2, -0.15) is 0 Å². The summed E-state index contributed by atoms with van der Waals surface area (Å²) in [4.78, 5) is 7.18. The van der Waals surface area contributed by atoms with Crippen LogP contribution in [0.15, 0.2) is 52.9 Å². The van der Waals surface area contributed by atoms with E-state index in [9.17, 15) is 0 Å². The number of aromatic nitrogens is 1. The smallest absolute Gasteiger partial charge is 0.226 e. The molecule has 0 N–H and O–H groups in total. The molecule has 26 heavy (non-hydrogen) atoms. The third-order valence-electron chi connectivity index (χ3n) is 5.53. The van der Waals surface area contributed by atoms with E-state index < -0.39 is 0 Å². The number of ether oxygens (including phenoxy) is 1. The lowest BCUT2D eigenvalue weighted by Gasteiger charge is -2.31. The Morgan fingerprint density at radius 1 is 1.08 bits per heavy atom. The molecule has 0 bridgehead atoms. The van der Waals surface area contributed by atoms with Crippen LogP contribution in [0.1, 0.15) is 35.5 Å². The first-order valence-electron chi connectivity index (χ1n) is 9.31. The standard InChI is InChI=1S/C22H22N2O2/c1-15(18-8-7-16-10-12-25-20(16)13-18)24-11-9-19-21(14-24)26-22(23-19)17-5-3-2-4-6-17/h2-8,13,15H,9-12,14H2,1H3. The second kappa shape index (κ2) is 6.29. The van der Waals surface area contributed by atoms with Gasteiger partial charge in [0.25, 0.3) is 0 Å². The molecule has 2 aliphatic heterocycles. The van der Waals surface area contributed by atoms with Crippen molar-refractivity contribution in [1.29, 1.82) is 0 Å². The molecule has 3 heterocycles. The van der Waals surface area contributed by atoms with Crippen molar-refractivity contribution < 1.29 is 9.15 Å². The Kier molecular flexibility index (Phi) is 3.79. The maximum absolute atomic E-state index is 6.10. The zero-order valence-corrected chi connectivity index (χ0v) is 14.9. The van der Waals surface area contributed by atoms with E-state index in [0.717, 1.165) is 61.2 Å². The summed E-state index contributed by atoms with van der Waals surface area (Å²) in [6.07, 6.45) is 1.95. The Morgan fingerprint density at radius 2 is 1.96 bits per heavy atom. The van der Waals surface area contributed by atoms with E-state index in [4.69, 9.17) is 14.1 Å². The number of fused-ring (bicyclic) bond motifs is 2. The van der Waals surface area contributed by atoms with E-state index in [2.05, 4.69) is 30.0 Å². The maximum atomic E-state index is 6.10. The lowest BCUT2D eigenvalue weighted by molar-refractivity contribution is 0.174. The van der Waals surface area contributed by atoms with Gasteiger partial charge < -0.3 is 9.15 Å². The normalized spacial score (nSPS) is 17.4. The van der Waals surface area contributed by atoms with E-state index in [0.29, 0.717) is 6.04 Å². The lowest BCUT2D eigenvalue weighted by atomic mass is 10.0. The fourth-order valence-electron chi connectivity index (χ4n) is 3.90. The van der Waals surface area contributed by atoms with Crippen LogP contribution in [0.3, 0.4) is 0 Å². The molecule has 2 aliphatic rings. The van der Waals surface area contributed by atoms with Gasteiger partial charge in [-0.3, -0.25) is 4.90 Å². The molecule has 1 atom stereocenters. The van der Waals surface area contributed by atoms with E-state index in [-0.39, 0.29) is 0 Å². The van der Waals surface area contributed by atoms with Crippen LogP contribution in [0.5, 0.6) is 5.75 Å². The SMILES string of the molecule is CC(c1ccc2c(c1)OCC2)N1CCc2nc(-c3ccccc3)oc2C1. The van der Waals surface area contributed by atoms with Gasteiger partial charge in [-0.1, -0.05) is 30.3 Å². The zero-order chi connectivity index (χ0) is 17.5. The van der Waals surface area contributed by atoms with Crippen molar-refractivity contribution in [3.8, 4) is 17.2 Å². The third-order valence-corrected chi connectivity index (χ3v) is 5.53. The molecule has 3 aromatic rings. The zero-order valence-electron chi connectivity index (χ0n) is 14.9. The van der Waals surface area contributed by atoms with Crippen molar-refractivity contribution in [2.45, 2.75) is 32.4 Å². The highest BCUT2D eigenvalue weighted by atomic mass is 16.5. The van der Waals surface area contributed by atoms with Crippen LogP contribution in [0, 0.1) is 0 Å². The highest BCUT2D eigenvalue weighted by Crippen LogP contribution is 2.33. The van der Waals surface area contributed by atoms with E-state index >= 15 is 0 Å². The molecule has 132 valence electrons. The average Bonchev–Trinajstić information content (AvgIpc) is 3.33. The highest BCUT2D eigenvalue weighted by Gasteiger charge is 2.27. The van der Waals surface area contributed by atoms with E-state index in [1.807, 2.05) is 30.3 Å². The first-order valence-corrected chi connectivity index (χ1v) is 9.31. The molecule has 4 nitrogen and oxygen atoms in total. The molecule has 0 radical (unpaired) electrons. The number of oxazole rings is 1. The largest absolute Gasteiger partial charge is 0.493 e. The predicted molar refractivity (Wildman–Crippen MR) is 100 cm³/mol. The minimum absolute atomic E-state index is 0.322. The average molecular weight is 346 g/mol. The second-order valence-electron chi connectivity index (χ2n) is 7.12. The molecule has 0 amide bonds. The van der Waals surface area contributed by atoms with E-state index in [1.54, 1.807) is 0 Å². The van der Waals surface area contributed by atoms with Crippen molar-refractivity contribution in [3.63, 3.8) is 0 Å². The van der Waals surface area contributed by atoms with Gasteiger partial charge in [-0.15, -0.1) is 0 Å². The molecule has 0 aliphatic carbocycles. The summed E-state index contributed by atoms with van der Waals surface area (Å²) >= 11 is 0. The monoisotopic (exact) mass is 346 g/mol. The van der Waals surface area contributed by atoms with Gasteiger partial charge in [0, 0.05) is 31.0 Å². The lowest BCUT2D eigenvalue weighted by Crippen LogP contribution is -2.32. The molecule has 2 aromatic carbocycles. The third kappa shape index (κ3) is 2.71. The topological polar surface area (TPSA) is 38.5 Å². The van der Waals surface area contributed by atoms with Crippen molar-refractivity contribution in [2.75, 3.05) is 13.2 Å². The molecule has 5 rings (SSSR count). The molecular formula is C22H22N2O2. The Morgan fingerprint density at radius 3 is 2.85 bits per heavy atom. The molecule has 1 aromatic heterocycles. The van der Waals surface area contributed by atoms with Crippen LogP contribution < -0.4 is 4.74 Å². The van der Waals surface area contributed by atoms with Gasteiger partial charge in [0.2, 0.25) is 5.89 Å². The van der Waals surface area contributed by atoms with Gasteiger partial charge in [-0.05, 0) is 36.2 Å². The number of rotatable bonds is 3. The fraction of sp³-hybridized carbons (Fsp3) is 0.318. The van der Waals surface area contributed by atoms with Crippen LogP contribution in [-0.4, -0.2) is 23.0 Å². The molecule has 0 spiro atoms. The van der Waals surface area contributed by atoms with Gasteiger partial charge in [0.1, 0.15) is 11.5 Å². The molecule has 0 saturated heterocycles. The van der Waals surface area contributed by atoms with Gasteiger partial charge in [-0.25, -0.2) is 4.98 Å². The van der Waals surface area contributed by atoms with Crippen LogP contribution in [0.25, 0.3) is 11.5 Å². The van der Waals surface area contributed by atoms with Crippen LogP contribution >= 0.6 is 0 Å². The number of hydrogen-bond donors (Lipinski definition) is 0. The Hall–Kier alpha value is -2.59. The highest BCUT2D eigenvalue weighted by molar-refractivity contribution is 5.53. The van der Waals surface area contributed by atoms with Gasteiger partial charge in [0.15, 0.2) is 0 Å². The summed E-state index contributed by atoms with van der Waals surface area (Å²) in [6.45, 7) is 4.86. The second-order valence-corrected chi connectivity index (χ2v) is 7.12. The summed E-state index contributed by atoms with van der Waals surface area (Å²) in [5, 5.41) is 0. The first-order chi connectivity index (χ1) is 12.8. The van der Waals surface area contributed by atoms with Crippen LogP contribution in [0.2, 0.25) is 0 Å². The quantitative estimate of drug-likeness (QED) is 0.705. The van der Waals surface area contributed by atoms with E-state index in [1.165, 1.54) is 11.1 Å². The summed E-state index contributed by atoms with van der Waals surface area (Å²) in [7, 11) is 0. The number of hydrogen-bond acceptors (Lipinski definition) is 4. The first kappa shape index (κ1) is 15.6. The van der Waals surface area contributed by atoms with Crippen LogP contribution in [0.4, 0.5) is 0 Å². The summed E-state index contributed by atoms with van der Waals surface area (Å²) in [5.41, 5.74) is 4.77. The number of nitrogens with zero attached hydrogens (tertiary/aromatic N) is 2. The summed E-state index contributed by atoms with van der Waals surface area (Å²) in [6, 6.07) is 17.1. The van der Waals surface area contributed by atoms with Crippen LogP contribution in [-0.2, 0) is 19.4 Å². The molecule has 4 heteroatoms. The summed E-state index contributed by atoms with van der Waals surface area (Å²) in [5.74, 6) is 2.79. The van der Waals surface area contributed by atoms with Crippen molar-refractivity contribution in [2.24, 2.45) is 0 Å².